The Bertz CT molecular complexity index is 3760. The molecule has 4 aromatic heterocycles. The average molecular weight is 1160 g/mol. The summed E-state index contributed by atoms with van der Waals surface area (Å²) in [6.45, 7) is 10.2. The van der Waals surface area contributed by atoms with E-state index in [1.807, 2.05) is 27.7 Å². The van der Waals surface area contributed by atoms with Crippen LogP contribution in [-0.4, -0.2) is 70.9 Å². The largest absolute Gasteiger partial charge is 0.490 e. The summed E-state index contributed by atoms with van der Waals surface area (Å²) < 4.78 is 135. The maximum Gasteiger partial charge on any atom is 0.490 e. The molecule has 4 aromatic carbocycles. The molecule has 82 heavy (non-hydrogen) atoms. The number of carboxylic acid groups (broad SMARTS) is 1. The first kappa shape index (κ1) is 62.6. The molecule has 4 heterocycles. The van der Waals surface area contributed by atoms with Crippen LogP contribution >= 0.6 is 0 Å². The van der Waals surface area contributed by atoms with Crippen molar-refractivity contribution in [1.29, 1.82) is 0 Å². The lowest BCUT2D eigenvalue weighted by Crippen LogP contribution is -2.44. The van der Waals surface area contributed by atoms with Gasteiger partial charge in [0.2, 0.25) is 0 Å². The number of aryl methyl sites for hydroxylation is 2. The highest BCUT2D eigenvalue weighted by molar-refractivity contribution is 5.86. The number of rotatable bonds is 13. The number of alkyl halides is 7. The Hall–Kier alpha value is -8.61. The van der Waals surface area contributed by atoms with E-state index in [2.05, 4.69) is 20.0 Å². The minimum atomic E-state index is -5.08. The van der Waals surface area contributed by atoms with Crippen LogP contribution in [0.25, 0.3) is 44.1 Å². The van der Waals surface area contributed by atoms with Gasteiger partial charge in [0.05, 0.1) is 57.4 Å². The first-order valence-electron chi connectivity index (χ1n) is 24.9. The van der Waals surface area contributed by atoms with E-state index in [1.54, 1.807) is 106 Å². The van der Waals surface area contributed by atoms with Crippen LogP contribution in [0, 0.1) is 25.5 Å². The van der Waals surface area contributed by atoms with Crippen molar-refractivity contribution < 1.29 is 68.4 Å². The van der Waals surface area contributed by atoms with Gasteiger partial charge in [0, 0.05) is 59.9 Å². The molecule has 0 saturated heterocycles. The van der Waals surface area contributed by atoms with E-state index in [1.165, 1.54) is 53.1 Å². The fourth-order valence-electron chi connectivity index (χ4n) is 8.50. The second-order valence-corrected chi connectivity index (χ2v) is 21.1. The van der Waals surface area contributed by atoms with Crippen molar-refractivity contribution in [1.82, 2.24) is 34.0 Å². The lowest BCUT2D eigenvalue weighted by Gasteiger charge is -2.28. The van der Waals surface area contributed by atoms with E-state index in [0.717, 1.165) is 17.2 Å². The third kappa shape index (κ3) is 15.0. The maximum atomic E-state index is 15.3. The molecule has 0 aliphatic carbocycles. The van der Waals surface area contributed by atoms with Crippen molar-refractivity contribution in [2.24, 2.45) is 19.8 Å². The molecule has 1 amide bonds. The third-order valence-corrected chi connectivity index (χ3v) is 12.5. The van der Waals surface area contributed by atoms with Gasteiger partial charge < -0.3 is 30.4 Å². The van der Waals surface area contributed by atoms with Gasteiger partial charge in [0.1, 0.15) is 28.7 Å². The normalized spacial score (nSPS) is 12.0. The summed E-state index contributed by atoms with van der Waals surface area (Å²) >= 11 is 0. The van der Waals surface area contributed by atoms with Gasteiger partial charge >= 0.3 is 31.5 Å². The second kappa shape index (κ2) is 24.2. The van der Waals surface area contributed by atoms with Crippen molar-refractivity contribution in [3.63, 3.8) is 0 Å². The summed E-state index contributed by atoms with van der Waals surface area (Å²) in [4.78, 5) is 55.8. The SMILES string of the molecule is Cc1ccc(OC(F)F)c(Cn2c3cc(-c4ccc(C(C)(C)N)nc4)c(F)cc3c(=O)n2C)c1.Cc1ccc(OC(F)F)c(Cn2c3cc(-c4ccc(C(C)(C)NC(=O)OC(C)(C)C)nc4)c(F)cc3c(=O)n2C)c1.O=C(O)C(F)(F)F. The topological polar surface area (TPSA) is 200 Å². The molecule has 0 radical (unpaired) electrons. The zero-order chi connectivity index (χ0) is 61.1. The number of carbonyl (C=O) groups is 2. The molecule has 0 fully saturated rings. The van der Waals surface area contributed by atoms with Crippen LogP contribution in [-0.2, 0) is 47.8 Å². The van der Waals surface area contributed by atoms with Crippen molar-refractivity contribution in [2.45, 2.75) is 111 Å². The van der Waals surface area contributed by atoms with Crippen LogP contribution in [0.1, 0.15) is 82.1 Å². The van der Waals surface area contributed by atoms with Gasteiger partial charge in [-0.1, -0.05) is 47.5 Å². The van der Waals surface area contributed by atoms with Crippen LogP contribution in [0.2, 0.25) is 0 Å². The predicted molar refractivity (Wildman–Crippen MR) is 288 cm³/mol. The molecule has 16 nitrogen and oxygen atoms in total. The van der Waals surface area contributed by atoms with Crippen molar-refractivity contribution in [3.8, 4) is 33.8 Å². The number of benzene rings is 4. The first-order valence-corrected chi connectivity index (χ1v) is 24.9. The monoisotopic (exact) mass is 1150 g/mol. The zero-order valence-electron chi connectivity index (χ0n) is 46.3. The van der Waals surface area contributed by atoms with Crippen LogP contribution in [0.4, 0.5) is 44.3 Å². The number of nitrogens with one attached hydrogen (secondary N) is 1. The number of aromatic nitrogens is 6. The molecule has 8 rings (SSSR count). The maximum absolute atomic E-state index is 15.3. The number of hydrogen-bond donors (Lipinski definition) is 3. The molecule has 0 atom stereocenters. The van der Waals surface area contributed by atoms with Gasteiger partial charge in [0.15, 0.2) is 0 Å². The minimum Gasteiger partial charge on any atom is -0.475 e. The molecule has 25 heteroatoms. The number of aliphatic carboxylic acids is 1. The van der Waals surface area contributed by atoms with Crippen molar-refractivity contribution in [3.05, 3.63) is 163 Å². The van der Waals surface area contributed by atoms with Gasteiger partial charge in [-0.15, -0.1) is 0 Å². The quantitative estimate of drug-likeness (QED) is 0.0928. The van der Waals surface area contributed by atoms with E-state index < -0.39 is 70.9 Å². The molecule has 0 aliphatic heterocycles. The number of hydrogen-bond acceptors (Lipinski definition) is 10. The molecule has 8 aromatic rings. The van der Waals surface area contributed by atoms with Gasteiger partial charge in [-0.05, 0) is 111 Å². The Labute approximate surface area is 463 Å². The average Bonchev–Trinajstić information content (AvgIpc) is 3.73. The van der Waals surface area contributed by atoms with Crippen LogP contribution < -0.4 is 31.6 Å². The van der Waals surface area contributed by atoms with Gasteiger partial charge in [-0.25, -0.2) is 18.4 Å². The van der Waals surface area contributed by atoms with E-state index in [4.69, 9.17) is 25.1 Å². The zero-order valence-corrected chi connectivity index (χ0v) is 46.3. The summed E-state index contributed by atoms with van der Waals surface area (Å²) in [5, 5.41) is 10.2. The highest BCUT2D eigenvalue weighted by Gasteiger charge is 2.38. The number of carbonyl (C=O) groups excluding carboxylic acids is 1. The van der Waals surface area contributed by atoms with E-state index in [-0.39, 0.29) is 46.5 Å². The second-order valence-electron chi connectivity index (χ2n) is 21.1. The van der Waals surface area contributed by atoms with Gasteiger partial charge in [0.25, 0.3) is 11.1 Å². The number of nitrogens with zero attached hydrogens (tertiary/aromatic N) is 6. The minimum absolute atomic E-state index is 0.00960. The number of alkyl carbamates (subject to hydrolysis) is 1. The summed E-state index contributed by atoms with van der Waals surface area (Å²) in [5.41, 5.74) is 9.10. The lowest BCUT2D eigenvalue weighted by molar-refractivity contribution is -0.192. The van der Waals surface area contributed by atoms with Crippen molar-refractivity contribution >= 4 is 33.9 Å². The number of pyridine rings is 2. The number of carboxylic acids is 1. The Morgan fingerprint density at radius 3 is 1.35 bits per heavy atom. The highest BCUT2D eigenvalue weighted by atomic mass is 19.4. The Kier molecular flexibility index (Phi) is 18.5. The molecule has 0 unspecified atom stereocenters. The summed E-state index contributed by atoms with van der Waals surface area (Å²) in [5.74, 6) is -3.94. The lowest BCUT2D eigenvalue weighted by atomic mass is 9.98. The molecule has 0 bridgehead atoms. The molecule has 4 N–H and O–H groups in total. The van der Waals surface area contributed by atoms with Crippen molar-refractivity contribution in [2.75, 3.05) is 0 Å². The molecule has 0 saturated carbocycles. The van der Waals surface area contributed by atoms with E-state index in [0.29, 0.717) is 44.7 Å². The smallest absolute Gasteiger partial charge is 0.475 e. The summed E-state index contributed by atoms with van der Waals surface area (Å²) in [6.07, 6.45) is -2.66. The fourth-order valence-corrected chi connectivity index (χ4v) is 8.50. The van der Waals surface area contributed by atoms with Gasteiger partial charge in [-0.2, -0.15) is 30.7 Å². The van der Waals surface area contributed by atoms with Crippen LogP contribution in [0.3, 0.4) is 0 Å². The molecule has 438 valence electrons. The van der Waals surface area contributed by atoms with Crippen LogP contribution in [0.5, 0.6) is 11.5 Å². The molecular weight excluding hydrogens is 1100 g/mol. The third-order valence-electron chi connectivity index (χ3n) is 12.5. The first-order chi connectivity index (χ1) is 37.9. The Morgan fingerprint density at radius 2 is 1.02 bits per heavy atom. The molecule has 0 spiro atoms. The van der Waals surface area contributed by atoms with E-state index >= 15 is 8.78 Å². The van der Waals surface area contributed by atoms with E-state index in [9.17, 15) is 45.1 Å². The Balaban J connectivity index is 0.000000239. The van der Waals surface area contributed by atoms with Gasteiger partial charge in [-0.3, -0.25) is 38.3 Å². The summed E-state index contributed by atoms with van der Waals surface area (Å²) in [6, 6.07) is 21.9. The summed E-state index contributed by atoms with van der Waals surface area (Å²) in [7, 11) is 3.07. The molecular formula is C57H59F9N8O8. The predicted octanol–water partition coefficient (Wildman–Crippen LogP) is 11.6. The number of fused-ring (bicyclic) bond motifs is 2. The van der Waals surface area contributed by atoms with Crippen LogP contribution in [0.15, 0.2) is 107 Å². The number of nitrogens with two attached hydrogens (primary N) is 1. The number of amides is 1. The molecule has 0 aliphatic rings. The Morgan fingerprint density at radius 1 is 0.634 bits per heavy atom. The highest BCUT2D eigenvalue weighted by Crippen LogP contribution is 2.33. The number of ether oxygens (including phenoxy) is 3. The fraction of sp³-hybridized carbons (Fsp3) is 0.333. The standard InChI is InChI=1S/C30H33F3N4O4.C25H25F3N4O2.C2HF3O2/c1-17-8-10-24(40-27(32)33)19(12-17)16-37-23-14-20(22(31)13-21(23)26(38)36(37)7)18-9-11-25(34-15-18)30(5,6)35-28(39)41-29(2,3)4;1-14-5-7-21(34-24(27)28)16(9-14)13-32-20-11-17(19(26)10-18(20)23(33)31(32)4)15-6-8-22(30-12-15)25(2,3)29;3-2(4,5)1(6)7/h8-15,27H,16H2,1-7H3,(H,35,39);5-12,24H,13,29H2,1-4H3;(H,6,7). The number of halogens is 9.